The van der Waals surface area contributed by atoms with Crippen LogP contribution >= 0.6 is 0 Å². The van der Waals surface area contributed by atoms with Crippen molar-refractivity contribution < 1.29 is 14.6 Å². The smallest absolute Gasteiger partial charge is 0.305 e. The van der Waals surface area contributed by atoms with E-state index >= 15 is 0 Å². The standard InChI is InChI=1S/C22H44O3/c1-3-5-20-25-22(24)19-17-15-13-11-9-7-6-8-10-12-14-16-18-21(23)4-2/h21,23H,3-20H2,1-2H3. The number of unbranched alkanes of at least 4 members (excludes halogenated alkanes) is 12. The Morgan fingerprint density at radius 1 is 0.760 bits per heavy atom. The average molecular weight is 357 g/mol. The van der Waals surface area contributed by atoms with Gasteiger partial charge < -0.3 is 9.84 Å². The van der Waals surface area contributed by atoms with Crippen LogP contribution in [0, 0.1) is 0 Å². The lowest BCUT2D eigenvalue weighted by Crippen LogP contribution is -2.05. The van der Waals surface area contributed by atoms with Crippen LogP contribution in [0.25, 0.3) is 0 Å². The van der Waals surface area contributed by atoms with E-state index < -0.39 is 0 Å². The van der Waals surface area contributed by atoms with Crippen LogP contribution < -0.4 is 0 Å². The second kappa shape index (κ2) is 19.8. The molecule has 0 bridgehead atoms. The van der Waals surface area contributed by atoms with Crippen LogP contribution in [-0.2, 0) is 9.53 Å². The fourth-order valence-corrected chi connectivity index (χ4v) is 3.02. The average Bonchev–Trinajstić information content (AvgIpc) is 2.61. The van der Waals surface area contributed by atoms with E-state index in [9.17, 15) is 9.90 Å². The van der Waals surface area contributed by atoms with Crippen LogP contribution in [0.4, 0.5) is 0 Å². The van der Waals surface area contributed by atoms with Gasteiger partial charge in [0.1, 0.15) is 0 Å². The Balaban J connectivity index is 3.10. The number of aliphatic hydroxyl groups is 1. The van der Waals surface area contributed by atoms with E-state index in [0.717, 1.165) is 38.5 Å². The fourth-order valence-electron chi connectivity index (χ4n) is 3.02. The minimum absolute atomic E-state index is 0.0161. The lowest BCUT2D eigenvalue weighted by Gasteiger charge is -2.07. The molecule has 1 unspecified atom stereocenters. The summed E-state index contributed by atoms with van der Waals surface area (Å²) in [6.45, 7) is 4.75. The third-order valence-corrected chi connectivity index (χ3v) is 4.90. The first-order valence-corrected chi connectivity index (χ1v) is 11.0. The highest BCUT2D eigenvalue weighted by molar-refractivity contribution is 5.69. The summed E-state index contributed by atoms with van der Waals surface area (Å²) in [5.41, 5.74) is 0. The van der Waals surface area contributed by atoms with E-state index in [-0.39, 0.29) is 12.1 Å². The summed E-state index contributed by atoms with van der Waals surface area (Å²) in [6, 6.07) is 0. The van der Waals surface area contributed by atoms with Crippen LogP contribution in [0.2, 0.25) is 0 Å². The zero-order valence-electron chi connectivity index (χ0n) is 17.1. The molecule has 0 fully saturated rings. The predicted octanol–water partition coefficient (Wildman–Crippen LogP) is 6.56. The Morgan fingerprint density at radius 2 is 1.24 bits per heavy atom. The van der Waals surface area contributed by atoms with Gasteiger partial charge >= 0.3 is 5.97 Å². The third kappa shape index (κ3) is 19.6. The van der Waals surface area contributed by atoms with Crippen molar-refractivity contribution in [1.82, 2.24) is 0 Å². The number of hydrogen-bond acceptors (Lipinski definition) is 3. The highest BCUT2D eigenvalue weighted by Gasteiger charge is 2.02. The van der Waals surface area contributed by atoms with Gasteiger partial charge in [-0.3, -0.25) is 4.79 Å². The SMILES string of the molecule is CCCCOC(=O)CCCCCCCCCCCCCCC(O)CC. The van der Waals surface area contributed by atoms with Crippen molar-refractivity contribution in [3.05, 3.63) is 0 Å². The summed E-state index contributed by atoms with van der Waals surface area (Å²) in [6.07, 6.45) is 19.7. The number of esters is 1. The quantitative estimate of drug-likeness (QED) is 0.210. The molecular formula is C22H44O3. The van der Waals surface area contributed by atoms with E-state index in [4.69, 9.17) is 4.74 Å². The third-order valence-electron chi connectivity index (χ3n) is 4.90. The molecule has 25 heavy (non-hydrogen) atoms. The number of hydrogen-bond donors (Lipinski definition) is 1. The minimum Gasteiger partial charge on any atom is -0.466 e. The molecule has 3 nitrogen and oxygen atoms in total. The molecule has 0 aromatic heterocycles. The minimum atomic E-state index is -0.0771. The molecule has 0 aromatic rings. The van der Waals surface area contributed by atoms with Crippen LogP contribution in [-0.4, -0.2) is 23.8 Å². The van der Waals surface area contributed by atoms with Crippen molar-refractivity contribution >= 4 is 5.97 Å². The normalized spacial score (nSPS) is 12.3. The highest BCUT2D eigenvalue weighted by Crippen LogP contribution is 2.14. The van der Waals surface area contributed by atoms with Gasteiger partial charge in [0.15, 0.2) is 0 Å². The Morgan fingerprint density at radius 3 is 1.72 bits per heavy atom. The Bertz CT molecular complexity index is 278. The lowest BCUT2D eigenvalue weighted by atomic mass is 10.0. The van der Waals surface area contributed by atoms with Crippen LogP contribution in [0.3, 0.4) is 0 Å². The van der Waals surface area contributed by atoms with Crippen LogP contribution in [0.5, 0.6) is 0 Å². The van der Waals surface area contributed by atoms with E-state index in [2.05, 4.69) is 6.92 Å². The Hall–Kier alpha value is -0.570. The molecular weight excluding hydrogens is 312 g/mol. The van der Waals surface area contributed by atoms with Gasteiger partial charge in [0, 0.05) is 6.42 Å². The van der Waals surface area contributed by atoms with Gasteiger partial charge in [0.05, 0.1) is 12.7 Å². The molecule has 0 aliphatic rings. The Kier molecular flexibility index (Phi) is 19.3. The van der Waals surface area contributed by atoms with Gasteiger partial charge in [0.25, 0.3) is 0 Å². The zero-order chi connectivity index (χ0) is 18.6. The monoisotopic (exact) mass is 356 g/mol. The maximum Gasteiger partial charge on any atom is 0.305 e. The maximum absolute atomic E-state index is 11.4. The summed E-state index contributed by atoms with van der Waals surface area (Å²) in [5, 5.41) is 9.48. The van der Waals surface area contributed by atoms with E-state index in [0.29, 0.717) is 13.0 Å². The van der Waals surface area contributed by atoms with Crippen LogP contribution in [0.15, 0.2) is 0 Å². The summed E-state index contributed by atoms with van der Waals surface area (Å²) < 4.78 is 5.16. The number of carbonyl (C=O) groups is 1. The number of rotatable bonds is 19. The molecule has 0 aliphatic carbocycles. The van der Waals surface area contributed by atoms with Crippen molar-refractivity contribution in [2.24, 2.45) is 0 Å². The first-order valence-electron chi connectivity index (χ1n) is 11.0. The van der Waals surface area contributed by atoms with Crippen molar-refractivity contribution in [2.45, 2.75) is 129 Å². The highest BCUT2D eigenvalue weighted by atomic mass is 16.5. The summed E-state index contributed by atoms with van der Waals surface area (Å²) >= 11 is 0. The summed E-state index contributed by atoms with van der Waals surface area (Å²) in [4.78, 5) is 11.4. The van der Waals surface area contributed by atoms with E-state index in [1.54, 1.807) is 0 Å². The van der Waals surface area contributed by atoms with Crippen LogP contribution in [0.1, 0.15) is 123 Å². The maximum atomic E-state index is 11.4. The van der Waals surface area contributed by atoms with E-state index in [1.165, 1.54) is 64.2 Å². The van der Waals surface area contributed by atoms with Crippen molar-refractivity contribution in [3.63, 3.8) is 0 Å². The molecule has 0 spiro atoms. The van der Waals surface area contributed by atoms with Gasteiger partial charge in [-0.25, -0.2) is 0 Å². The topological polar surface area (TPSA) is 46.5 Å². The molecule has 0 heterocycles. The number of aliphatic hydroxyl groups excluding tert-OH is 1. The molecule has 0 saturated heterocycles. The Labute approximate surface area is 156 Å². The molecule has 3 heteroatoms. The summed E-state index contributed by atoms with van der Waals surface area (Å²) in [7, 11) is 0. The van der Waals surface area contributed by atoms with Gasteiger partial charge in [0.2, 0.25) is 0 Å². The molecule has 0 aromatic carbocycles. The van der Waals surface area contributed by atoms with Gasteiger partial charge in [-0.1, -0.05) is 90.9 Å². The molecule has 150 valence electrons. The number of ether oxygens (including phenoxy) is 1. The molecule has 0 saturated carbocycles. The number of carbonyl (C=O) groups excluding carboxylic acids is 1. The largest absolute Gasteiger partial charge is 0.466 e. The first-order chi connectivity index (χ1) is 12.2. The molecule has 1 N–H and O–H groups in total. The zero-order valence-corrected chi connectivity index (χ0v) is 17.1. The molecule has 0 rings (SSSR count). The molecule has 0 aliphatic heterocycles. The fraction of sp³-hybridized carbons (Fsp3) is 0.955. The molecule has 1 atom stereocenters. The van der Waals surface area contributed by atoms with Crippen molar-refractivity contribution in [1.29, 1.82) is 0 Å². The van der Waals surface area contributed by atoms with Gasteiger partial charge in [-0.15, -0.1) is 0 Å². The summed E-state index contributed by atoms with van der Waals surface area (Å²) in [5.74, 6) is -0.0161. The van der Waals surface area contributed by atoms with E-state index in [1.807, 2.05) is 6.92 Å². The molecule has 0 amide bonds. The van der Waals surface area contributed by atoms with Gasteiger partial charge in [-0.05, 0) is 25.7 Å². The van der Waals surface area contributed by atoms with Crippen molar-refractivity contribution in [3.8, 4) is 0 Å². The lowest BCUT2D eigenvalue weighted by molar-refractivity contribution is -0.143. The first kappa shape index (κ1) is 24.4. The second-order valence-corrected chi connectivity index (χ2v) is 7.42. The predicted molar refractivity (Wildman–Crippen MR) is 107 cm³/mol. The van der Waals surface area contributed by atoms with Gasteiger partial charge in [-0.2, -0.15) is 0 Å². The second-order valence-electron chi connectivity index (χ2n) is 7.42. The molecule has 0 radical (unpaired) electrons. The van der Waals surface area contributed by atoms with Crippen molar-refractivity contribution in [2.75, 3.05) is 6.61 Å².